The lowest BCUT2D eigenvalue weighted by molar-refractivity contribution is -0.116. The van der Waals surface area contributed by atoms with Crippen molar-refractivity contribution in [2.24, 2.45) is 0 Å². The number of hydrogen-bond donors (Lipinski definition) is 1. The van der Waals surface area contributed by atoms with E-state index in [4.69, 9.17) is 0 Å². The Morgan fingerprint density at radius 1 is 0.806 bits per heavy atom. The number of carbonyl (C=O) groups is 1. The second kappa shape index (κ2) is 9.35. The summed E-state index contributed by atoms with van der Waals surface area (Å²) in [6, 6.07) is 19.7. The SMILES string of the molecule is Cc1ccc(N(CCC(=O)Nc2ccc(C)c(C)c2)S(=O)(=O)c2ccc(C)cc2)cc1. The second-order valence-corrected chi connectivity index (χ2v) is 9.69. The van der Waals surface area contributed by atoms with Gasteiger partial charge in [-0.15, -0.1) is 0 Å². The van der Waals surface area contributed by atoms with Gasteiger partial charge in [-0.1, -0.05) is 41.5 Å². The van der Waals surface area contributed by atoms with E-state index in [1.807, 2.05) is 58.0 Å². The smallest absolute Gasteiger partial charge is 0.264 e. The van der Waals surface area contributed by atoms with Gasteiger partial charge in [-0.05, 0) is 75.2 Å². The monoisotopic (exact) mass is 436 g/mol. The van der Waals surface area contributed by atoms with Crippen LogP contribution in [-0.4, -0.2) is 20.9 Å². The maximum absolute atomic E-state index is 13.4. The van der Waals surface area contributed by atoms with E-state index in [2.05, 4.69) is 5.32 Å². The molecular formula is C25H28N2O3S. The molecule has 0 aromatic heterocycles. The number of aryl methyl sites for hydroxylation is 4. The fraction of sp³-hybridized carbons (Fsp3) is 0.240. The van der Waals surface area contributed by atoms with Crippen molar-refractivity contribution >= 4 is 27.3 Å². The minimum atomic E-state index is -3.81. The van der Waals surface area contributed by atoms with Crippen LogP contribution < -0.4 is 9.62 Å². The zero-order valence-electron chi connectivity index (χ0n) is 18.3. The van der Waals surface area contributed by atoms with E-state index < -0.39 is 10.0 Å². The molecule has 1 N–H and O–H groups in total. The van der Waals surface area contributed by atoms with Crippen LogP contribution in [0.2, 0.25) is 0 Å². The van der Waals surface area contributed by atoms with Crippen LogP contribution in [0.5, 0.6) is 0 Å². The summed E-state index contributed by atoms with van der Waals surface area (Å²) in [5.74, 6) is -0.237. The van der Waals surface area contributed by atoms with E-state index >= 15 is 0 Å². The van der Waals surface area contributed by atoms with E-state index in [9.17, 15) is 13.2 Å². The molecule has 0 heterocycles. The quantitative estimate of drug-likeness (QED) is 0.557. The summed E-state index contributed by atoms with van der Waals surface area (Å²) in [5.41, 5.74) is 5.48. The lowest BCUT2D eigenvalue weighted by Gasteiger charge is -2.24. The first-order valence-electron chi connectivity index (χ1n) is 10.2. The molecule has 0 bridgehead atoms. The highest BCUT2D eigenvalue weighted by Gasteiger charge is 2.25. The van der Waals surface area contributed by atoms with Crippen molar-refractivity contribution in [3.05, 3.63) is 89.0 Å². The third-order valence-electron chi connectivity index (χ3n) is 5.26. The Hall–Kier alpha value is -3.12. The lowest BCUT2D eigenvalue weighted by atomic mass is 10.1. The molecule has 3 aromatic rings. The van der Waals surface area contributed by atoms with Crippen LogP contribution in [0.3, 0.4) is 0 Å². The Morgan fingerprint density at radius 2 is 1.39 bits per heavy atom. The Morgan fingerprint density at radius 3 is 1.97 bits per heavy atom. The average Bonchev–Trinajstić information content (AvgIpc) is 2.72. The molecule has 0 saturated carbocycles. The molecule has 0 aliphatic heterocycles. The predicted octanol–water partition coefficient (Wildman–Crippen LogP) is 5.14. The number of nitrogens with one attached hydrogen (secondary N) is 1. The molecule has 3 aromatic carbocycles. The minimum absolute atomic E-state index is 0.0336. The Kier molecular flexibility index (Phi) is 6.81. The van der Waals surface area contributed by atoms with Crippen molar-refractivity contribution in [3.63, 3.8) is 0 Å². The standard InChI is InChI=1S/C25H28N2O3S/c1-18-5-11-23(12-6-18)27(31(29,30)24-13-7-19(2)8-14-24)16-15-25(28)26-22-10-9-20(3)21(4)17-22/h5-14,17H,15-16H2,1-4H3,(H,26,28). The third kappa shape index (κ3) is 5.52. The number of sulfonamides is 1. The minimum Gasteiger partial charge on any atom is -0.326 e. The molecule has 1 amide bonds. The first kappa shape index (κ1) is 22.6. The van der Waals surface area contributed by atoms with Crippen molar-refractivity contribution in [2.75, 3.05) is 16.2 Å². The first-order chi connectivity index (χ1) is 14.7. The Balaban J connectivity index is 1.83. The molecule has 0 saturated heterocycles. The first-order valence-corrected chi connectivity index (χ1v) is 11.6. The van der Waals surface area contributed by atoms with Crippen LogP contribution in [0, 0.1) is 27.7 Å². The Labute approximate surface area is 184 Å². The van der Waals surface area contributed by atoms with Crippen LogP contribution in [0.1, 0.15) is 28.7 Å². The number of rotatable bonds is 7. The van der Waals surface area contributed by atoms with Gasteiger partial charge >= 0.3 is 0 Å². The van der Waals surface area contributed by atoms with E-state index in [0.717, 1.165) is 22.3 Å². The van der Waals surface area contributed by atoms with Crippen molar-refractivity contribution in [1.82, 2.24) is 0 Å². The van der Waals surface area contributed by atoms with Gasteiger partial charge in [-0.3, -0.25) is 9.10 Å². The average molecular weight is 437 g/mol. The highest BCUT2D eigenvalue weighted by molar-refractivity contribution is 7.92. The number of amides is 1. The predicted molar refractivity (Wildman–Crippen MR) is 126 cm³/mol. The highest BCUT2D eigenvalue weighted by Crippen LogP contribution is 2.25. The van der Waals surface area contributed by atoms with E-state index in [-0.39, 0.29) is 23.8 Å². The fourth-order valence-corrected chi connectivity index (χ4v) is 4.65. The normalized spacial score (nSPS) is 11.2. The van der Waals surface area contributed by atoms with Gasteiger partial charge in [0.25, 0.3) is 10.0 Å². The van der Waals surface area contributed by atoms with Crippen LogP contribution >= 0.6 is 0 Å². The summed E-state index contributed by atoms with van der Waals surface area (Å²) < 4.78 is 28.1. The largest absolute Gasteiger partial charge is 0.326 e. The van der Waals surface area contributed by atoms with Gasteiger partial charge in [0.2, 0.25) is 5.91 Å². The van der Waals surface area contributed by atoms with Crippen LogP contribution in [0.15, 0.2) is 71.6 Å². The van der Waals surface area contributed by atoms with Gasteiger partial charge in [0.05, 0.1) is 10.6 Å². The topological polar surface area (TPSA) is 66.5 Å². The van der Waals surface area contributed by atoms with Crippen LogP contribution in [0.25, 0.3) is 0 Å². The molecule has 31 heavy (non-hydrogen) atoms. The van der Waals surface area contributed by atoms with Crippen molar-refractivity contribution in [3.8, 4) is 0 Å². The second-order valence-electron chi connectivity index (χ2n) is 7.82. The van der Waals surface area contributed by atoms with Gasteiger partial charge in [0, 0.05) is 18.7 Å². The zero-order valence-corrected chi connectivity index (χ0v) is 19.2. The number of carbonyl (C=O) groups excluding carboxylic acids is 1. The van der Waals surface area contributed by atoms with Crippen LogP contribution in [0.4, 0.5) is 11.4 Å². The molecule has 0 spiro atoms. The number of hydrogen-bond acceptors (Lipinski definition) is 3. The highest BCUT2D eigenvalue weighted by atomic mass is 32.2. The summed E-state index contributed by atoms with van der Waals surface area (Å²) in [4.78, 5) is 12.8. The van der Waals surface area contributed by atoms with Crippen molar-refractivity contribution in [2.45, 2.75) is 39.0 Å². The molecule has 0 radical (unpaired) electrons. The van der Waals surface area contributed by atoms with Gasteiger partial charge in [-0.25, -0.2) is 8.42 Å². The number of nitrogens with zero attached hydrogens (tertiary/aromatic N) is 1. The van der Waals surface area contributed by atoms with Gasteiger partial charge in [0.1, 0.15) is 0 Å². The maximum atomic E-state index is 13.4. The molecule has 0 fully saturated rings. The zero-order chi connectivity index (χ0) is 22.6. The third-order valence-corrected chi connectivity index (χ3v) is 7.11. The lowest BCUT2D eigenvalue weighted by Crippen LogP contribution is -2.34. The molecule has 162 valence electrons. The maximum Gasteiger partial charge on any atom is 0.264 e. The molecule has 3 rings (SSSR count). The summed E-state index contributed by atoms with van der Waals surface area (Å²) in [7, 11) is -3.81. The molecule has 0 atom stereocenters. The van der Waals surface area contributed by atoms with Crippen molar-refractivity contribution < 1.29 is 13.2 Å². The van der Waals surface area contributed by atoms with Crippen molar-refractivity contribution in [1.29, 1.82) is 0 Å². The summed E-state index contributed by atoms with van der Waals surface area (Å²) in [5, 5.41) is 2.86. The summed E-state index contributed by atoms with van der Waals surface area (Å²) in [6.07, 6.45) is 0.0336. The summed E-state index contributed by atoms with van der Waals surface area (Å²) in [6.45, 7) is 7.88. The number of benzene rings is 3. The number of anilines is 2. The summed E-state index contributed by atoms with van der Waals surface area (Å²) >= 11 is 0. The molecular weight excluding hydrogens is 408 g/mol. The Bertz CT molecular complexity index is 1170. The van der Waals surface area contributed by atoms with Gasteiger partial charge < -0.3 is 5.32 Å². The fourth-order valence-electron chi connectivity index (χ4n) is 3.18. The molecule has 6 heteroatoms. The molecule has 5 nitrogen and oxygen atoms in total. The van der Waals surface area contributed by atoms with E-state index in [0.29, 0.717) is 11.4 Å². The molecule has 0 aliphatic carbocycles. The molecule has 0 aliphatic rings. The van der Waals surface area contributed by atoms with E-state index in [1.54, 1.807) is 36.4 Å². The molecule has 0 unspecified atom stereocenters. The van der Waals surface area contributed by atoms with Gasteiger partial charge in [0.15, 0.2) is 0 Å². The van der Waals surface area contributed by atoms with E-state index in [1.165, 1.54) is 4.31 Å². The van der Waals surface area contributed by atoms with Gasteiger partial charge in [-0.2, -0.15) is 0 Å². The van der Waals surface area contributed by atoms with Crippen LogP contribution in [-0.2, 0) is 14.8 Å².